The third kappa shape index (κ3) is 3.77. The summed E-state index contributed by atoms with van der Waals surface area (Å²) in [5.74, 6) is 0. The highest BCUT2D eigenvalue weighted by Gasteiger charge is 2.34. The Kier molecular flexibility index (Phi) is 5.40. The van der Waals surface area contributed by atoms with E-state index in [1.165, 1.54) is 18.2 Å². The van der Waals surface area contributed by atoms with Gasteiger partial charge >= 0.3 is 0 Å². The number of nitro groups is 1. The molecule has 0 aliphatic rings. The minimum Gasteiger partial charge on any atom is -0.258 e. The first-order chi connectivity index (χ1) is 11.5. The second-order valence-corrected chi connectivity index (χ2v) is 9.73. The number of nitrogens with zero attached hydrogens (tertiary/aromatic N) is 2. The summed E-state index contributed by atoms with van der Waals surface area (Å²) in [4.78, 5) is 9.11. The molecule has 0 amide bonds. The maximum atomic E-state index is 12.6. The summed E-state index contributed by atoms with van der Waals surface area (Å²) in [6.07, 6.45) is 0. The van der Waals surface area contributed by atoms with Gasteiger partial charge in [-0.3, -0.25) is 10.1 Å². The predicted octanol–water partition coefficient (Wildman–Crippen LogP) is 2.91. The molecule has 0 spiro atoms. The summed E-state index contributed by atoms with van der Waals surface area (Å²) in [5, 5.41) is 10.7. The van der Waals surface area contributed by atoms with E-state index in [1.807, 2.05) is 0 Å². The van der Waals surface area contributed by atoms with E-state index in [1.54, 1.807) is 0 Å². The molecule has 12 heteroatoms. The zero-order valence-electron chi connectivity index (χ0n) is 12.5. The molecule has 0 radical (unpaired) electrons. The minimum atomic E-state index is -4.59. The summed E-state index contributed by atoms with van der Waals surface area (Å²) in [5.41, 5.74) is -0.656. The fraction of sp³-hybridized carbons (Fsp3) is 0.0769. The van der Waals surface area contributed by atoms with Crippen molar-refractivity contribution in [2.24, 2.45) is 0 Å². The molecule has 0 aliphatic carbocycles. The maximum Gasteiger partial charge on any atom is 0.289 e. The molecule has 0 unspecified atom stereocenters. The second-order valence-electron chi connectivity index (χ2n) is 4.72. The van der Waals surface area contributed by atoms with E-state index in [-0.39, 0.29) is 18.7 Å². The summed E-state index contributed by atoms with van der Waals surface area (Å²) in [6, 6.07) is 7.73. The van der Waals surface area contributed by atoms with Gasteiger partial charge in [-0.05, 0) is 30.3 Å². The van der Waals surface area contributed by atoms with Crippen LogP contribution in [0.2, 0.25) is 10.0 Å². The molecule has 0 atom stereocenters. The molecule has 0 bridgehead atoms. The van der Waals surface area contributed by atoms with Crippen LogP contribution in [0, 0.1) is 10.1 Å². The maximum absolute atomic E-state index is 12.6. The van der Waals surface area contributed by atoms with Gasteiger partial charge in [-0.15, -0.1) is 0 Å². The molecule has 0 N–H and O–H groups in total. The number of hydrogen-bond donors (Lipinski definition) is 0. The molecule has 25 heavy (non-hydrogen) atoms. The molecule has 0 saturated heterocycles. The van der Waals surface area contributed by atoms with Gasteiger partial charge in [-0.1, -0.05) is 33.0 Å². The van der Waals surface area contributed by atoms with Gasteiger partial charge in [0.05, 0.1) is 14.7 Å². The van der Waals surface area contributed by atoms with Crippen LogP contribution in [0.3, 0.4) is 0 Å². The molecule has 134 valence electrons. The zero-order valence-corrected chi connectivity index (χ0v) is 15.6. The van der Waals surface area contributed by atoms with Gasteiger partial charge in [-0.25, -0.2) is 16.8 Å². The van der Waals surface area contributed by atoms with Gasteiger partial charge in [0.1, 0.15) is 5.02 Å². The van der Waals surface area contributed by atoms with E-state index in [9.17, 15) is 26.9 Å². The van der Waals surface area contributed by atoms with E-state index in [0.717, 1.165) is 25.2 Å². The first-order valence-electron chi connectivity index (χ1n) is 6.41. The molecule has 8 nitrogen and oxygen atoms in total. The Balaban J connectivity index is 2.56. The molecular weight excluding hydrogens is 415 g/mol. The van der Waals surface area contributed by atoms with Crippen molar-refractivity contribution in [1.29, 1.82) is 0 Å². The van der Waals surface area contributed by atoms with Gasteiger partial charge in [0.2, 0.25) is 0 Å². The Bertz CT molecular complexity index is 1050. The van der Waals surface area contributed by atoms with E-state index < -0.39 is 35.6 Å². The topological polar surface area (TPSA) is 115 Å². The van der Waals surface area contributed by atoms with Crippen molar-refractivity contribution in [2.45, 2.75) is 9.79 Å². The summed E-state index contributed by atoms with van der Waals surface area (Å²) in [6.45, 7) is 0. The number of rotatable bonds is 5. The average molecular weight is 425 g/mol. The number of hydrogen-bond acceptors (Lipinski definition) is 6. The smallest absolute Gasteiger partial charge is 0.258 e. The van der Waals surface area contributed by atoms with Crippen LogP contribution in [0.25, 0.3) is 0 Å². The monoisotopic (exact) mass is 424 g/mol. The number of halogens is 2. The fourth-order valence-corrected chi connectivity index (χ4v) is 5.46. The number of benzene rings is 2. The van der Waals surface area contributed by atoms with Crippen LogP contribution >= 0.6 is 23.2 Å². The van der Waals surface area contributed by atoms with Gasteiger partial charge in [0, 0.05) is 18.1 Å². The molecule has 0 fully saturated rings. The van der Waals surface area contributed by atoms with Crippen molar-refractivity contribution in [2.75, 3.05) is 7.05 Å². The molecule has 0 aliphatic heterocycles. The first-order valence-corrected chi connectivity index (χ1v) is 10.0. The normalized spacial score (nSPS) is 12.3. The van der Waals surface area contributed by atoms with Crippen LogP contribution in [-0.2, 0) is 20.0 Å². The lowest BCUT2D eigenvalue weighted by Gasteiger charge is -2.17. The van der Waals surface area contributed by atoms with Crippen molar-refractivity contribution >= 4 is 48.9 Å². The molecule has 2 rings (SSSR count). The molecule has 0 aromatic heterocycles. The fourth-order valence-electron chi connectivity index (χ4n) is 1.85. The Labute approximate surface area is 153 Å². The second kappa shape index (κ2) is 6.89. The van der Waals surface area contributed by atoms with Crippen LogP contribution in [0.5, 0.6) is 0 Å². The molecule has 0 heterocycles. The van der Waals surface area contributed by atoms with E-state index in [0.29, 0.717) is 6.07 Å². The van der Waals surface area contributed by atoms with Gasteiger partial charge in [0.15, 0.2) is 0 Å². The van der Waals surface area contributed by atoms with Crippen LogP contribution in [0.15, 0.2) is 52.3 Å². The van der Waals surface area contributed by atoms with Gasteiger partial charge in [0.25, 0.3) is 25.7 Å². The quantitative estimate of drug-likeness (QED) is 0.538. The van der Waals surface area contributed by atoms with E-state index in [2.05, 4.69) is 0 Å². The highest BCUT2D eigenvalue weighted by molar-refractivity contribution is 8.04. The summed E-state index contributed by atoms with van der Waals surface area (Å²) < 4.78 is 50.3. The molecule has 2 aromatic rings. The summed E-state index contributed by atoms with van der Waals surface area (Å²) in [7, 11) is -8.22. The summed E-state index contributed by atoms with van der Waals surface area (Å²) >= 11 is 11.4. The molecule has 2 aromatic carbocycles. The van der Waals surface area contributed by atoms with Gasteiger partial charge in [-0.2, -0.15) is 0 Å². The SMILES string of the molecule is CN(S(=O)(=O)c1cccc(Cl)c1)S(=O)(=O)c1ccc(Cl)c([N+](=O)[O-])c1. The minimum absolute atomic E-state index is 0.106. The van der Waals surface area contributed by atoms with Crippen LogP contribution in [-0.4, -0.2) is 32.5 Å². The van der Waals surface area contributed by atoms with E-state index in [4.69, 9.17) is 23.2 Å². The van der Waals surface area contributed by atoms with E-state index >= 15 is 0 Å². The van der Waals surface area contributed by atoms with Crippen molar-refractivity contribution in [1.82, 2.24) is 3.71 Å². The number of sulfonamides is 2. The third-order valence-corrected chi connectivity index (χ3v) is 7.97. The average Bonchev–Trinajstić information content (AvgIpc) is 2.54. The van der Waals surface area contributed by atoms with Crippen molar-refractivity contribution in [3.8, 4) is 0 Å². The van der Waals surface area contributed by atoms with Crippen molar-refractivity contribution in [3.05, 3.63) is 62.6 Å². The lowest BCUT2D eigenvalue weighted by molar-refractivity contribution is -0.384. The Hall–Kier alpha value is -1.72. The highest BCUT2D eigenvalue weighted by atomic mass is 35.5. The largest absolute Gasteiger partial charge is 0.289 e. The molecule has 0 saturated carbocycles. The lowest BCUT2D eigenvalue weighted by atomic mass is 10.3. The Morgan fingerprint density at radius 3 is 2.04 bits per heavy atom. The van der Waals surface area contributed by atoms with Crippen LogP contribution < -0.4 is 0 Å². The Morgan fingerprint density at radius 1 is 0.960 bits per heavy atom. The standard InChI is InChI=1S/C13H10Cl2N2O6S2/c1-16(24(20,21)10-4-2-3-9(14)7-10)25(22,23)11-5-6-12(15)13(8-11)17(18)19/h2-8H,1H3. The van der Waals surface area contributed by atoms with Crippen LogP contribution in [0.1, 0.15) is 0 Å². The zero-order chi connectivity index (χ0) is 19.0. The van der Waals surface area contributed by atoms with Gasteiger partial charge < -0.3 is 0 Å². The third-order valence-electron chi connectivity index (χ3n) is 3.18. The number of nitro benzene ring substituents is 1. The predicted molar refractivity (Wildman–Crippen MR) is 91.7 cm³/mol. The Morgan fingerprint density at radius 2 is 1.52 bits per heavy atom. The first kappa shape index (κ1) is 19.6. The van der Waals surface area contributed by atoms with Crippen LogP contribution in [0.4, 0.5) is 5.69 Å². The van der Waals surface area contributed by atoms with Crippen molar-refractivity contribution in [3.63, 3.8) is 0 Å². The van der Waals surface area contributed by atoms with Crippen molar-refractivity contribution < 1.29 is 21.8 Å². The highest BCUT2D eigenvalue weighted by Crippen LogP contribution is 2.30. The lowest BCUT2D eigenvalue weighted by Crippen LogP contribution is -2.33. The molecular formula is C13H10Cl2N2O6S2.